The lowest BCUT2D eigenvalue weighted by Gasteiger charge is -2.42. The summed E-state index contributed by atoms with van der Waals surface area (Å²) in [7, 11) is 1.69. The summed E-state index contributed by atoms with van der Waals surface area (Å²) in [5.41, 5.74) is 0.859. The van der Waals surface area contributed by atoms with Crippen molar-refractivity contribution in [3.63, 3.8) is 0 Å². The molecule has 5 heteroatoms. The molecular formula is C18H28O5. The Balaban J connectivity index is 1.79. The highest BCUT2D eigenvalue weighted by Crippen LogP contribution is 2.59. The van der Waals surface area contributed by atoms with Gasteiger partial charge in [0.15, 0.2) is 0 Å². The summed E-state index contributed by atoms with van der Waals surface area (Å²) >= 11 is 0. The van der Waals surface area contributed by atoms with Gasteiger partial charge in [-0.15, -0.1) is 0 Å². The number of ether oxygens (including phenoxy) is 4. The molecule has 130 valence electrons. The predicted molar refractivity (Wildman–Crippen MR) is 85.1 cm³/mol. The van der Waals surface area contributed by atoms with E-state index in [1.807, 2.05) is 0 Å². The molecule has 2 aliphatic heterocycles. The molecule has 6 atom stereocenters. The Labute approximate surface area is 138 Å². The molecule has 1 aliphatic carbocycles. The zero-order valence-corrected chi connectivity index (χ0v) is 14.8. The van der Waals surface area contributed by atoms with E-state index in [1.54, 1.807) is 7.11 Å². The second-order valence-electron chi connectivity index (χ2n) is 7.53. The minimum absolute atomic E-state index is 0.0914. The fraction of sp³-hybridized carbons (Fsp3) is 0.833. The van der Waals surface area contributed by atoms with E-state index in [4.69, 9.17) is 18.9 Å². The first-order chi connectivity index (χ1) is 10.8. The largest absolute Gasteiger partial charge is 0.460 e. The maximum Gasteiger partial charge on any atom is 0.302 e. The third-order valence-corrected chi connectivity index (χ3v) is 5.55. The Bertz CT molecular complexity index is 506. The van der Waals surface area contributed by atoms with E-state index in [0.29, 0.717) is 0 Å². The topological polar surface area (TPSA) is 60.6 Å². The van der Waals surface area contributed by atoms with E-state index >= 15 is 0 Å². The van der Waals surface area contributed by atoms with Crippen LogP contribution in [0.5, 0.6) is 0 Å². The van der Waals surface area contributed by atoms with Crippen LogP contribution in [0.3, 0.4) is 0 Å². The summed E-state index contributed by atoms with van der Waals surface area (Å²) in [6, 6.07) is 0. The fourth-order valence-electron chi connectivity index (χ4n) is 4.28. The van der Waals surface area contributed by atoms with Gasteiger partial charge in [0, 0.05) is 14.0 Å². The zero-order valence-electron chi connectivity index (χ0n) is 14.8. The number of methoxy groups -OCH3 is 1. The van der Waals surface area contributed by atoms with Crippen molar-refractivity contribution in [2.45, 2.75) is 76.5 Å². The van der Waals surface area contributed by atoms with Crippen molar-refractivity contribution < 1.29 is 23.7 Å². The van der Waals surface area contributed by atoms with Crippen molar-refractivity contribution in [1.82, 2.24) is 0 Å². The van der Waals surface area contributed by atoms with Crippen LogP contribution < -0.4 is 0 Å². The van der Waals surface area contributed by atoms with Gasteiger partial charge in [-0.05, 0) is 40.0 Å². The van der Waals surface area contributed by atoms with Crippen molar-refractivity contribution in [3.05, 3.63) is 11.6 Å². The monoisotopic (exact) mass is 324 g/mol. The maximum atomic E-state index is 11.4. The average molecular weight is 324 g/mol. The van der Waals surface area contributed by atoms with Crippen LogP contribution in [0.25, 0.3) is 0 Å². The van der Waals surface area contributed by atoms with Gasteiger partial charge in [-0.25, -0.2) is 0 Å². The summed E-state index contributed by atoms with van der Waals surface area (Å²) in [6.45, 7) is 8.54. The van der Waals surface area contributed by atoms with Gasteiger partial charge in [0.2, 0.25) is 0 Å². The maximum absolute atomic E-state index is 11.4. The lowest BCUT2D eigenvalue weighted by molar-refractivity contribution is -0.169. The molecule has 23 heavy (non-hydrogen) atoms. The molecule has 0 radical (unpaired) electrons. The van der Waals surface area contributed by atoms with Gasteiger partial charge in [0.05, 0.1) is 18.6 Å². The SMILES string of the molecule is CO[C@H]1[C@H](C2(C)OC2CC=C(C)C)[C@]2(CC[C@H]1OC(C)=O)CO2. The van der Waals surface area contributed by atoms with Crippen LogP contribution in [0.15, 0.2) is 11.6 Å². The quantitative estimate of drug-likeness (QED) is 0.442. The minimum atomic E-state index is -0.276. The number of hydrogen-bond acceptors (Lipinski definition) is 5. The highest BCUT2D eigenvalue weighted by Gasteiger charge is 2.72. The molecule has 1 saturated carbocycles. The molecule has 2 unspecified atom stereocenters. The minimum Gasteiger partial charge on any atom is -0.460 e. The predicted octanol–water partition coefficient (Wildman–Crippen LogP) is 2.63. The Kier molecular flexibility index (Phi) is 4.32. The number of carbonyl (C=O) groups excluding carboxylic acids is 1. The molecule has 0 bridgehead atoms. The number of rotatable bonds is 5. The summed E-state index contributed by atoms with van der Waals surface area (Å²) in [4.78, 5) is 11.4. The number of hydrogen-bond donors (Lipinski definition) is 0. The van der Waals surface area contributed by atoms with E-state index in [9.17, 15) is 4.79 Å². The van der Waals surface area contributed by atoms with Crippen LogP contribution in [0, 0.1) is 5.92 Å². The summed E-state index contributed by atoms with van der Waals surface area (Å²) in [6.07, 6.45) is 4.56. The Morgan fingerprint density at radius 2 is 2.04 bits per heavy atom. The molecule has 0 aromatic rings. The van der Waals surface area contributed by atoms with Crippen molar-refractivity contribution >= 4 is 5.97 Å². The fourth-order valence-corrected chi connectivity index (χ4v) is 4.28. The van der Waals surface area contributed by atoms with Crippen molar-refractivity contribution in [3.8, 4) is 0 Å². The Morgan fingerprint density at radius 3 is 2.57 bits per heavy atom. The van der Waals surface area contributed by atoms with Crippen LogP contribution >= 0.6 is 0 Å². The second kappa shape index (κ2) is 5.87. The van der Waals surface area contributed by atoms with Gasteiger partial charge >= 0.3 is 5.97 Å². The standard InChI is InChI=1S/C18H28O5/c1-11(2)6-7-14-17(4,23-14)16-15(20-5)13(22-12(3)19)8-9-18(16)10-21-18/h6,13-16H,7-10H2,1-5H3/t13-,14?,15-,16-,17?,18+/m1/s1. The van der Waals surface area contributed by atoms with E-state index in [1.165, 1.54) is 12.5 Å². The molecule has 0 aromatic heterocycles. The number of epoxide rings is 2. The number of esters is 1. The Hall–Kier alpha value is -0.910. The van der Waals surface area contributed by atoms with Crippen LogP contribution in [0.1, 0.15) is 47.0 Å². The third kappa shape index (κ3) is 3.06. The molecule has 5 nitrogen and oxygen atoms in total. The van der Waals surface area contributed by atoms with Gasteiger partial charge in [-0.1, -0.05) is 11.6 Å². The van der Waals surface area contributed by atoms with E-state index in [-0.39, 0.29) is 41.4 Å². The lowest BCUT2D eigenvalue weighted by atomic mass is 9.68. The van der Waals surface area contributed by atoms with Crippen LogP contribution in [-0.2, 0) is 23.7 Å². The lowest BCUT2D eigenvalue weighted by Crippen LogP contribution is -2.55. The first-order valence-electron chi connectivity index (χ1n) is 8.47. The summed E-state index contributed by atoms with van der Waals surface area (Å²) in [5.74, 6) is -0.167. The van der Waals surface area contributed by atoms with E-state index < -0.39 is 0 Å². The van der Waals surface area contributed by atoms with E-state index in [2.05, 4.69) is 26.8 Å². The van der Waals surface area contributed by atoms with E-state index in [0.717, 1.165) is 25.9 Å². The normalized spacial score (nSPS) is 44.7. The third-order valence-electron chi connectivity index (χ3n) is 5.55. The summed E-state index contributed by atoms with van der Waals surface area (Å²) in [5, 5.41) is 0. The molecule has 1 spiro atoms. The second-order valence-corrected chi connectivity index (χ2v) is 7.53. The van der Waals surface area contributed by atoms with Gasteiger partial charge < -0.3 is 18.9 Å². The molecule has 3 aliphatic rings. The molecule has 0 amide bonds. The number of carbonyl (C=O) groups is 1. The molecular weight excluding hydrogens is 296 g/mol. The average Bonchev–Trinajstić information content (AvgIpc) is 3.37. The molecule has 2 heterocycles. The first kappa shape index (κ1) is 16.9. The molecule has 3 rings (SSSR count). The number of allylic oxidation sites excluding steroid dienone is 1. The van der Waals surface area contributed by atoms with Gasteiger partial charge in [-0.3, -0.25) is 4.79 Å². The highest BCUT2D eigenvalue weighted by atomic mass is 16.6. The first-order valence-corrected chi connectivity index (χ1v) is 8.47. The molecule has 3 fully saturated rings. The van der Waals surface area contributed by atoms with Crippen molar-refractivity contribution in [2.75, 3.05) is 13.7 Å². The highest BCUT2D eigenvalue weighted by molar-refractivity contribution is 5.66. The van der Waals surface area contributed by atoms with Gasteiger partial charge in [0.1, 0.15) is 23.4 Å². The van der Waals surface area contributed by atoms with Gasteiger partial charge in [-0.2, -0.15) is 0 Å². The van der Waals surface area contributed by atoms with Crippen LogP contribution in [0.2, 0.25) is 0 Å². The van der Waals surface area contributed by atoms with Crippen molar-refractivity contribution in [2.24, 2.45) is 5.92 Å². The van der Waals surface area contributed by atoms with Crippen LogP contribution in [0.4, 0.5) is 0 Å². The Morgan fingerprint density at radius 1 is 1.35 bits per heavy atom. The molecule has 2 saturated heterocycles. The zero-order chi connectivity index (χ0) is 16.8. The van der Waals surface area contributed by atoms with Crippen molar-refractivity contribution in [1.29, 1.82) is 0 Å². The van der Waals surface area contributed by atoms with Crippen LogP contribution in [-0.4, -0.2) is 49.2 Å². The smallest absolute Gasteiger partial charge is 0.302 e. The molecule has 0 aromatic carbocycles. The summed E-state index contributed by atoms with van der Waals surface area (Å²) < 4.78 is 23.3. The van der Waals surface area contributed by atoms with Gasteiger partial charge in [0.25, 0.3) is 0 Å². The molecule has 0 N–H and O–H groups in total.